The molecule has 5 nitrogen and oxygen atoms in total. The van der Waals surface area contributed by atoms with Gasteiger partial charge in [-0.05, 0) is 25.5 Å². The summed E-state index contributed by atoms with van der Waals surface area (Å²) in [5, 5.41) is 0.628. The molecule has 2 rings (SSSR count). The summed E-state index contributed by atoms with van der Waals surface area (Å²) in [6.45, 7) is 7.43. The van der Waals surface area contributed by atoms with E-state index in [9.17, 15) is 4.79 Å². The van der Waals surface area contributed by atoms with E-state index in [0.29, 0.717) is 11.6 Å². The molecule has 1 saturated heterocycles. The Hall–Kier alpha value is -1.59. The topological polar surface area (TPSA) is 51.7 Å². The van der Waals surface area contributed by atoms with Gasteiger partial charge in [-0.1, -0.05) is 17.7 Å². The molecule has 1 aliphatic rings. The largest absolute Gasteiger partial charge is 0.460 e. The summed E-state index contributed by atoms with van der Waals surface area (Å²) >= 11 is 5.85. The van der Waals surface area contributed by atoms with Crippen LogP contribution in [-0.2, 0) is 14.3 Å². The maximum absolute atomic E-state index is 12.0. The zero-order valence-electron chi connectivity index (χ0n) is 13.4. The van der Waals surface area contributed by atoms with Crippen LogP contribution in [0.15, 0.2) is 31.0 Å². The van der Waals surface area contributed by atoms with Crippen LogP contribution in [0.4, 0.5) is 5.82 Å². The Balaban J connectivity index is 1.74. The lowest BCUT2D eigenvalue weighted by atomic mass is 10.1. The van der Waals surface area contributed by atoms with Gasteiger partial charge in [0, 0.05) is 32.1 Å². The molecule has 0 radical (unpaired) electrons. The number of esters is 1. The third-order valence-corrected chi connectivity index (χ3v) is 4.01. The minimum absolute atomic E-state index is 0.0588. The second kappa shape index (κ2) is 8.89. The molecule has 23 heavy (non-hydrogen) atoms. The van der Waals surface area contributed by atoms with Crippen molar-refractivity contribution < 1.29 is 14.3 Å². The summed E-state index contributed by atoms with van der Waals surface area (Å²) in [6, 6.07) is 3.74. The van der Waals surface area contributed by atoms with E-state index in [4.69, 9.17) is 21.1 Å². The first-order valence-electron chi connectivity index (χ1n) is 7.89. The van der Waals surface area contributed by atoms with E-state index in [-0.39, 0.29) is 12.1 Å². The van der Waals surface area contributed by atoms with Crippen LogP contribution < -0.4 is 4.90 Å². The van der Waals surface area contributed by atoms with Crippen molar-refractivity contribution in [1.29, 1.82) is 0 Å². The minimum Gasteiger partial charge on any atom is -0.460 e. The molecule has 0 aromatic carbocycles. The van der Waals surface area contributed by atoms with Gasteiger partial charge in [-0.3, -0.25) is 0 Å². The van der Waals surface area contributed by atoms with Crippen LogP contribution in [0.3, 0.4) is 0 Å². The van der Waals surface area contributed by atoms with Crippen LogP contribution in [0, 0.1) is 0 Å². The summed E-state index contributed by atoms with van der Waals surface area (Å²) in [5.41, 5.74) is 0. The van der Waals surface area contributed by atoms with Crippen molar-refractivity contribution in [2.45, 2.75) is 38.4 Å². The number of carbonyl (C=O) groups excluding carboxylic acids is 1. The van der Waals surface area contributed by atoms with E-state index in [1.807, 2.05) is 12.1 Å². The third-order valence-electron chi connectivity index (χ3n) is 3.78. The lowest BCUT2D eigenvalue weighted by molar-refractivity contribution is -0.162. The maximum Gasteiger partial charge on any atom is 0.335 e. The first-order valence-corrected chi connectivity index (χ1v) is 8.27. The number of hydrogen-bond acceptors (Lipinski definition) is 5. The van der Waals surface area contributed by atoms with Crippen molar-refractivity contribution in [1.82, 2.24) is 4.98 Å². The zero-order valence-corrected chi connectivity index (χ0v) is 14.2. The van der Waals surface area contributed by atoms with Crippen LogP contribution in [0.2, 0.25) is 5.02 Å². The number of aromatic nitrogens is 1. The maximum atomic E-state index is 12.0. The highest BCUT2D eigenvalue weighted by Crippen LogP contribution is 2.21. The Kier molecular flexibility index (Phi) is 6.86. The highest BCUT2D eigenvalue weighted by Gasteiger charge is 2.25. The number of ether oxygens (including phenoxy) is 2. The van der Waals surface area contributed by atoms with Gasteiger partial charge >= 0.3 is 5.97 Å². The normalized spacial score (nSPS) is 16.9. The predicted molar refractivity (Wildman–Crippen MR) is 90.8 cm³/mol. The van der Waals surface area contributed by atoms with E-state index in [2.05, 4.69) is 16.5 Å². The Labute approximate surface area is 142 Å². The van der Waals surface area contributed by atoms with E-state index in [1.54, 1.807) is 19.2 Å². The molecule has 0 N–H and O–H groups in total. The SMILES string of the molecule is C=CCCO[C@@H](C)C(=O)OC1CCN(c2ccc(Cl)cn2)CC1. The Morgan fingerprint density at radius 3 is 2.87 bits per heavy atom. The fourth-order valence-electron chi connectivity index (χ4n) is 2.41. The number of carbonyl (C=O) groups is 1. The fraction of sp³-hybridized carbons (Fsp3) is 0.529. The molecule has 0 aliphatic carbocycles. The molecule has 1 aliphatic heterocycles. The molecule has 2 heterocycles. The molecule has 0 unspecified atom stereocenters. The van der Waals surface area contributed by atoms with E-state index >= 15 is 0 Å². The minimum atomic E-state index is -0.536. The number of anilines is 1. The number of piperidine rings is 1. The second-order valence-electron chi connectivity index (χ2n) is 5.55. The zero-order chi connectivity index (χ0) is 16.7. The van der Waals surface area contributed by atoms with Crippen LogP contribution in [-0.4, -0.2) is 42.9 Å². The molecule has 1 aromatic rings. The Morgan fingerprint density at radius 2 is 2.26 bits per heavy atom. The number of pyridine rings is 1. The Bertz CT molecular complexity index is 513. The lowest BCUT2D eigenvalue weighted by Crippen LogP contribution is -2.39. The highest BCUT2D eigenvalue weighted by molar-refractivity contribution is 6.30. The van der Waals surface area contributed by atoms with Crippen molar-refractivity contribution in [3.05, 3.63) is 36.0 Å². The Morgan fingerprint density at radius 1 is 1.52 bits per heavy atom. The average molecular weight is 339 g/mol. The fourth-order valence-corrected chi connectivity index (χ4v) is 2.53. The predicted octanol–water partition coefficient (Wildman–Crippen LogP) is 3.23. The van der Waals surface area contributed by atoms with Gasteiger partial charge in [0.15, 0.2) is 6.10 Å². The lowest BCUT2D eigenvalue weighted by Gasteiger charge is -2.32. The summed E-state index contributed by atoms with van der Waals surface area (Å²) in [4.78, 5) is 18.5. The van der Waals surface area contributed by atoms with Crippen molar-refractivity contribution in [2.24, 2.45) is 0 Å². The summed E-state index contributed by atoms with van der Waals surface area (Å²) in [5.74, 6) is 0.609. The molecule has 1 aromatic heterocycles. The van der Waals surface area contributed by atoms with Crippen molar-refractivity contribution in [3.8, 4) is 0 Å². The van der Waals surface area contributed by atoms with Gasteiger partial charge in [0.25, 0.3) is 0 Å². The number of rotatable bonds is 7. The van der Waals surface area contributed by atoms with E-state index in [1.165, 1.54) is 0 Å². The number of hydrogen-bond donors (Lipinski definition) is 0. The van der Waals surface area contributed by atoms with Gasteiger partial charge in [-0.15, -0.1) is 6.58 Å². The molecule has 0 saturated carbocycles. The molecule has 0 amide bonds. The van der Waals surface area contributed by atoms with Gasteiger partial charge in [0.2, 0.25) is 0 Å². The summed E-state index contributed by atoms with van der Waals surface area (Å²) in [7, 11) is 0. The first kappa shape index (κ1) is 17.8. The molecule has 1 fully saturated rings. The molecular formula is C17H23ClN2O3. The summed E-state index contributed by atoms with van der Waals surface area (Å²) < 4.78 is 10.9. The van der Waals surface area contributed by atoms with Crippen molar-refractivity contribution in [2.75, 3.05) is 24.6 Å². The molecule has 1 atom stereocenters. The highest BCUT2D eigenvalue weighted by atomic mass is 35.5. The average Bonchev–Trinajstić information content (AvgIpc) is 2.56. The van der Waals surface area contributed by atoms with Crippen LogP contribution in [0.1, 0.15) is 26.2 Å². The molecule has 0 spiro atoms. The monoisotopic (exact) mass is 338 g/mol. The molecule has 0 bridgehead atoms. The van der Waals surface area contributed by atoms with Gasteiger partial charge in [0.1, 0.15) is 11.9 Å². The molecular weight excluding hydrogens is 316 g/mol. The van der Waals surface area contributed by atoms with Crippen LogP contribution in [0.5, 0.6) is 0 Å². The number of nitrogens with zero attached hydrogens (tertiary/aromatic N) is 2. The van der Waals surface area contributed by atoms with Crippen LogP contribution >= 0.6 is 11.6 Å². The first-order chi connectivity index (χ1) is 11.1. The van der Waals surface area contributed by atoms with E-state index < -0.39 is 6.10 Å². The summed E-state index contributed by atoms with van der Waals surface area (Å²) in [6.07, 6.45) is 5.11. The van der Waals surface area contributed by atoms with Gasteiger partial charge in [-0.2, -0.15) is 0 Å². The number of halogens is 1. The van der Waals surface area contributed by atoms with Crippen molar-refractivity contribution in [3.63, 3.8) is 0 Å². The van der Waals surface area contributed by atoms with Gasteiger partial charge in [-0.25, -0.2) is 9.78 Å². The quantitative estimate of drug-likeness (QED) is 0.434. The molecule has 6 heteroatoms. The smallest absolute Gasteiger partial charge is 0.335 e. The van der Waals surface area contributed by atoms with Gasteiger partial charge in [0.05, 0.1) is 11.6 Å². The van der Waals surface area contributed by atoms with Gasteiger partial charge < -0.3 is 14.4 Å². The van der Waals surface area contributed by atoms with Crippen molar-refractivity contribution >= 4 is 23.4 Å². The molecule has 126 valence electrons. The standard InChI is InChI=1S/C17H23ClN2O3/c1-3-4-11-22-13(2)17(21)23-15-7-9-20(10-8-15)16-6-5-14(18)12-19-16/h3,5-6,12-13,15H,1,4,7-11H2,2H3/t13-/m0/s1. The van der Waals surface area contributed by atoms with Crippen LogP contribution in [0.25, 0.3) is 0 Å². The second-order valence-corrected chi connectivity index (χ2v) is 5.98. The third kappa shape index (κ3) is 5.52. The van der Waals surface area contributed by atoms with E-state index in [0.717, 1.165) is 38.2 Å².